The van der Waals surface area contributed by atoms with Crippen LogP contribution in [0.4, 0.5) is 5.69 Å². The van der Waals surface area contributed by atoms with Gasteiger partial charge in [-0.2, -0.15) is 0 Å². The number of nitrogens with one attached hydrogen (secondary N) is 1. The molecule has 0 saturated carbocycles. The number of carbonyl (C=O) groups excluding carboxylic acids is 1. The van der Waals surface area contributed by atoms with Crippen molar-refractivity contribution in [1.29, 1.82) is 0 Å². The van der Waals surface area contributed by atoms with Crippen molar-refractivity contribution >= 4 is 17.3 Å². The van der Waals surface area contributed by atoms with Crippen LogP contribution in [0.1, 0.15) is 30.5 Å². The van der Waals surface area contributed by atoms with Crippen LogP contribution in [-0.4, -0.2) is 16.8 Å². The molecule has 0 aliphatic rings. The summed E-state index contributed by atoms with van der Waals surface area (Å²) < 4.78 is 6.00. The first-order chi connectivity index (χ1) is 10.9. The lowest BCUT2D eigenvalue weighted by molar-refractivity contribution is -0.114. The van der Waals surface area contributed by atoms with Gasteiger partial charge in [-0.15, -0.1) is 0 Å². The molecule has 2 aromatic carbocycles. The largest absolute Gasteiger partial charge is 0.456 e. The van der Waals surface area contributed by atoms with Crippen LogP contribution in [-0.2, 0) is 4.79 Å². The van der Waals surface area contributed by atoms with E-state index in [1.165, 1.54) is 6.92 Å². The van der Waals surface area contributed by atoms with Gasteiger partial charge in [0.1, 0.15) is 11.5 Å². The van der Waals surface area contributed by atoms with E-state index in [1.54, 1.807) is 6.92 Å². The normalized spacial score (nSPS) is 11.2. The van der Waals surface area contributed by atoms with Gasteiger partial charge in [0, 0.05) is 18.2 Å². The number of amides is 1. The molecule has 0 radical (unpaired) electrons. The minimum Gasteiger partial charge on any atom is -0.456 e. The van der Waals surface area contributed by atoms with Crippen molar-refractivity contribution in [2.45, 2.75) is 27.7 Å². The number of hydrogen-bond acceptors (Lipinski definition) is 4. The Bertz CT molecular complexity index is 767. The van der Waals surface area contributed by atoms with Crippen molar-refractivity contribution in [2.24, 2.45) is 5.16 Å². The fourth-order valence-electron chi connectivity index (χ4n) is 2.26. The summed E-state index contributed by atoms with van der Waals surface area (Å²) in [5.74, 6) is 1.19. The molecule has 5 nitrogen and oxygen atoms in total. The lowest BCUT2D eigenvalue weighted by atomic mass is 10.1. The highest BCUT2D eigenvalue weighted by molar-refractivity contribution is 6.00. The number of nitrogens with zero attached hydrogens (tertiary/aromatic N) is 1. The number of para-hydroxylation sites is 1. The molecule has 23 heavy (non-hydrogen) atoms. The van der Waals surface area contributed by atoms with E-state index in [1.807, 2.05) is 50.2 Å². The van der Waals surface area contributed by atoms with Crippen molar-refractivity contribution in [1.82, 2.24) is 0 Å². The zero-order valence-electron chi connectivity index (χ0n) is 13.7. The molecule has 0 aromatic heterocycles. The van der Waals surface area contributed by atoms with E-state index in [9.17, 15) is 4.79 Å². The third-order valence-corrected chi connectivity index (χ3v) is 3.69. The van der Waals surface area contributed by atoms with Crippen LogP contribution >= 0.6 is 0 Å². The molecular weight excluding hydrogens is 292 g/mol. The molecule has 1 amide bonds. The molecule has 0 atom stereocenters. The van der Waals surface area contributed by atoms with Gasteiger partial charge in [0.2, 0.25) is 5.91 Å². The lowest BCUT2D eigenvalue weighted by Gasteiger charge is -2.16. The first-order valence-corrected chi connectivity index (χ1v) is 7.27. The molecule has 0 aliphatic carbocycles. The Morgan fingerprint density at radius 1 is 1.04 bits per heavy atom. The number of ether oxygens (including phenoxy) is 1. The van der Waals surface area contributed by atoms with E-state index in [-0.39, 0.29) is 5.91 Å². The summed E-state index contributed by atoms with van der Waals surface area (Å²) in [5.41, 5.74) is 3.85. The van der Waals surface area contributed by atoms with Crippen molar-refractivity contribution in [3.05, 3.63) is 53.1 Å². The third-order valence-electron chi connectivity index (χ3n) is 3.69. The summed E-state index contributed by atoms with van der Waals surface area (Å²) >= 11 is 0. The monoisotopic (exact) mass is 312 g/mol. The second kappa shape index (κ2) is 6.96. The van der Waals surface area contributed by atoms with Gasteiger partial charge in [0.15, 0.2) is 0 Å². The topological polar surface area (TPSA) is 70.9 Å². The molecule has 0 aliphatic heterocycles. The Morgan fingerprint density at radius 2 is 1.74 bits per heavy atom. The predicted molar refractivity (Wildman–Crippen MR) is 90.7 cm³/mol. The predicted octanol–water partition coefficient (Wildman–Crippen LogP) is 4.25. The van der Waals surface area contributed by atoms with Gasteiger partial charge < -0.3 is 15.3 Å². The summed E-state index contributed by atoms with van der Waals surface area (Å²) in [5, 5.41) is 15.0. The molecule has 0 spiro atoms. The number of oxime groups is 1. The Hall–Kier alpha value is -2.82. The van der Waals surface area contributed by atoms with E-state index in [2.05, 4.69) is 10.5 Å². The highest BCUT2D eigenvalue weighted by atomic mass is 16.5. The smallest absolute Gasteiger partial charge is 0.221 e. The number of benzene rings is 2. The number of hydrogen-bond donors (Lipinski definition) is 2. The van der Waals surface area contributed by atoms with Crippen molar-refractivity contribution < 1.29 is 14.7 Å². The SMILES string of the molecule is CC(=O)Nc1ccc(Oc2ccccc2C(C)=NO)c(C)c1C. The quantitative estimate of drug-likeness (QED) is 0.503. The zero-order chi connectivity index (χ0) is 17.0. The molecule has 5 heteroatoms. The summed E-state index contributed by atoms with van der Waals surface area (Å²) in [4.78, 5) is 11.2. The second-order valence-corrected chi connectivity index (χ2v) is 5.33. The first-order valence-electron chi connectivity index (χ1n) is 7.27. The van der Waals surface area contributed by atoms with E-state index in [0.29, 0.717) is 17.2 Å². The van der Waals surface area contributed by atoms with Gasteiger partial charge in [0.25, 0.3) is 0 Å². The summed E-state index contributed by atoms with van der Waals surface area (Å²) in [7, 11) is 0. The summed E-state index contributed by atoms with van der Waals surface area (Å²) in [6.45, 7) is 7.05. The molecule has 120 valence electrons. The minimum absolute atomic E-state index is 0.110. The van der Waals surface area contributed by atoms with Gasteiger partial charge in [-0.1, -0.05) is 17.3 Å². The number of anilines is 1. The highest BCUT2D eigenvalue weighted by Crippen LogP contribution is 2.32. The van der Waals surface area contributed by atoms with Crippen LogP contribution in [0.5, 0.6) is 11.5 Å². The second-order valence-electron chi connectivity index (χ2n) is 5.33. The van der Waals surface area contributed by atoms with Crippen molar-refractivity contribution in [3.63, 3.8) is 0 Å². The Kier molecular flexibility index (Phi) is 5.01. The van der Waals surface area contributed by atoms with Gasteiger partial charge >= 0.3 is 0 Å². The molecule has 0 unspecified atom stereocenters. The number of rotatable bonds is 4. The minimum atomic E-state index is -0.110. The maximum Gasteiger partial charge on any atom is 0.221 e. The van der Waals surface area contributed by atoms with E-state index in [0.717, 1.165) is 22.4 Å². The molecule has 0 bridgehead atoms. The Balaban J connectivity index is 2.39. The van der Waals surface area contributed by atoms with Gasteiger partial charge in [0.05, 0.1) is 5.71 Å². The summed E-state index contributed by atoms with van der Waals surface area (Å²) in [6.07, 6.45) is 0. The zero-order valence-corrected chi connectivity index (χ0v) is 13.7. The Morgan fingerprint density at radius 3 is 2.39 bits per heavy atom. The van der Waals surface area contributed by atoms with E-state index >= 15 is 0 Å². The average molecular weight is 312 g/mol. The van der Waals surface area contributed by atoms with Crippen LogP contribution in [0.3, 0.4) is 0 Å². The maximum absolute atomic E-state index is 11.2. The molecule has 0 saturated heterocycles. The molecule has 0 fully saturated rings. The lowest BCUT2D eigenvalue weighted by Crippen LogP contribution is -2.08. The van der Waals surface area contributed by atoms with E-state index < -0.39 is 0 Å². The maximum atomic E-state index is 11.2. The summed E-state index contributed by atoms with van der Waals surface area (Å²) in [6, 6.07) is 11.0. The van der Waals surface area contributed by atoms with E-state index in [4.69, 9.17) is 9.94 Å². The average Bonchev–Trinajstić information content (AvgIpc) is 2.54. The molecule has 2 rings (SSSR count). The van der Waals surface area contributed by atoms with Crippen LogP contribution in [0.2, 0.25) is 0 Å². The fraction of sp³-hybridized carbons (Fsp3) is 0.222. The highest BCUT2D eigenvalue weighted by Gasteiger charge is 2.12. The molecule has 2 aromatic rings. The Labute approximate surface area is 135 Å². The number of carbonyl (C=O) groups is 1. The van der Waals surface area contributed by atoms with Gasteiger partial charge in [-0.3, -0.25) is 4.79 Å². The van der Waals surface area contributed by atoms with Crippen LogP contribution in [0.25, 0.3) is 0 Å². The molecule has 2 N–H and O–H groups in total. The third kappa shape index (κ3) is 3.69. The van der Waals surface area contributed by atoms with Gasteiger partial charge in [-0.05, 0) is 56.2 Å². The van der Waals surface area contributed by atoms with Crippen LogP contribution in [0.15, 0.2) is 41.6 Å². The standard InChI is InChI=1S/C18H20N2O3/c1-11-12(2)17(10-9-16(11)19-14(4)21)23-18-8-6-5-7-15(18)13(3)20-22/h5-10,22H,1-4H3,(H,19,21). The molecular formula is C18H20N2O3. The first kappa shape index (κ1) is 16.5. The van der Waals surface area contributed by atoms with Crippen LogP contribution in [0, 0.1) is 13.8 Å². The van der Waals surface area contributed by atoms with Crippen LogP contribution < -0.4 is 10.1 Å². The van der Waals surface area contributed by atoms with Gasteiger partial charge in [-0.25, -0.2) is 0 Å². The molecule has 0 heterocycles. The van der Waals surface area contributed by atoms with Crippen molar-refractivity contribution in [2.75, 3.05) is 5.32 Å². The fourth-order valence-corrected chi connectivity index (χ4v) is 2.26. The van der Waals surface area contributed by atoms with Crippen molar-refractivity contribution in [3.8, 4) is 11.5 Å².